The Hall–Kier alpha value is -2.82. The molecule has 3 aromatic rings. The van der Waals surface area contributed by atoms with Gasteiger partial charge in [-0.1, -0.05) is 53.5 Å². The van der Waals surface area contributed by atoms with Crippen molar-refractivity contribution >= 4 is 46.7 Å². The number of para-hydroxylation sites is 1. The molecule has 4 rings (SSSR count). The van der Waals surface area contributed by atoms with E-state index in [2.05, 4.69) is 10.3 Å². The van der Waals surface area contributed by atoms with Crippen LogP contribution in [0.15, 0.2) is 65.7 Å². The van der Waals surface area contributed by atoms with Gasteiger partial charge in [-0.2, -0.15) is 0 Å². The van der Waals surface area contributed by atoms with Crippen LogP contribution < -0.4 is 5.32 Å². The number of phenolic OH excluding ortho intramolecular Hbond substituents is 1. The molecular weight excluding hydrogens is 395 g/mol. The van der Waals surface area contributed by atoms with E-state index in [0.717, 1.165) is 22.5 Å². The SMILES string of the molecule is O=C1Nc2ccccc2[C@@H]1Cc1ccc(N=Cc2cc(Cl)cc(Cl)c2O)cc1. The number of halogens is 2. The van der Waals surface area contributed by atoms with Crippen LogP contribution in [0.3, 0.4) is 0 Å². The molecule has 3 aromatic carbocycles. The molecule has 6 heteroatoms. The molecule has 1 heterocycles. The summed E-state index contributed by atoms with van der Waals surface area (Å²) in [5.74, 6) is -0.218. The van der Waals surface area contributed by atoms with Gasteiger partial charge in [0, 0.05) is 22.5 Å². The number of benzene rings is 3. The number of carbonyl (C=O) groups excluding carboxylic acids is 1. The van der Waals surface area contributed by atoms with Crippen molar-refractivity contribution in [2.45, 2.75) is 12.3 Å². The molecule has 2 N–H and O–H groups in total. The van der Waals surface area contributed by atoms with Crippen molar-refractivity contribution in [3.05, 3.63) is 87.4 Å². The highest BCUT2D eigenvalue weighted by Gasteiger charge is 2.29. The van der Waals surface area contributed by atoms with Crippen LogP contribution in [0.5, 0.6) is 5.75 Å². The molecule has 0 aliphatic carbocycles. The summed E-state index contributed by atoms with van der Waals surface area (Å²) >= 11 is 11.9. The summed E-state index contributed by atoms with van der Waals surface area (Å²) in [7, 11) is 0. The fourth-order valence-electron chi connectivity index (χ4n) is 3.26. The second kappa shape index (κ2) is 7.66. The molecule has 1 aliphatic heterocycles. The Morgan fingerprint density at radius 2 is 1.82 bits per heavy atom. The first-order valence-corrected chi connectivity index (χ1v) is 9.47. The molecule has 0 aromatic heterocycles. The van der Waals surface area contributed by atoms with Crippen molar-refractivity contribution < 1.29 is 9.90 Å². The smallest absolute Gasteiger partial charge is 0.232 e. The summed E-state index contributed by atoms with van der Waals surface area (Å²) in [5.41, 5.74) is 4.13. The van der Waals surface area contributed by atoms with Gasteiger partial charge in [0.2, 0.25) is 5.91 Å². The van der Waals surface area contributed by atoms with Crippen molar-refractivity contribution in [2.24, 2.45) is 4.99 Å². The summed E-state index contributed by atoms with van der Waals surface area (Å²) in [6.07, 6.45) is 2.14. The number of aliphatic imine (C=N–C) groups is 1. The quantitative estimate of drug-likeness (QED) is 0.539. The van der Waals surface area contributed by atoms with Crippen LogP contribution in [0.1, 0.15) is 22.6 Å². The molecule has 140 valence electrons. The third-order valence-corrected chi connectivity index (χ3v) is 5.20. The van der Waals surface area contributed by atoms with Crippen molar-refractivity contribution in [1.29, 1.82) is 0 Å². The Morgan fingerprint density at radius 3 is 2.61 bits per heavy atom. The lowest BCUT2D eigenvalue weighted by Gasteiger charge is -2.09. The first-order chi connectivity index (χ1) is 13.5. The Morgan fingerprint density at radius 1 is 1.07 bits per heavy atom. The summed E-state index contributed by atoms with van der Waals surface area (Å²) in [5, 5.41) is 13.5. The minimum atomic E-state index is -0.184. The fourth-order valence-corrected chi connectivity index (χ4v) is 3.77. The summed E-state index contributed by atoms with van der Waals surface area (Å²) in [6, 6.07) is 18.5. The highest BCUT2D eigenvalue weighted by molar-refractivity contribution is 6.36. The molecule has 28 heavy (non-hydrogen) atoms. The highest BCUT2D eigenvalue weighted by Crippen LogP contribution is 2.35. The molecule has 1 aliphatic rings. The van der Waals surface area contributed by atoms with Crippen molar-refractivity contribution in [1.82, 2.24) is 0 Å². The number of nitrogens with zero attached hydrogens (tertiary/aromatic N) is 1. The number of hydrogen-bond donors (Lipinski definition) is 2. The molecule has 1 amide bonds. The largest absolute Gasteiger partial charge is 0.506 e. The maximum absolute atomic E-state index is 12.3. The lowest BCUT2D eigenvalue weighted by Crippen LogP contribution is -2.14. The number of anilines is 1. The van der Waals surface area contributed by atoms with E-state index in [4.69, 9.17) is 23.2 Å². The normalized spacial score (nSPS) is 15.6. The van der Waals surface area contributed by atoms with Gasteiger partial charge in [-0.15, -0.1) is 0 Å². The van der Waals surface area contributed by atoms with E-state index in [-0.39, 0.29) is 22.6 Å². The first-order valence-electron chi connectivity index (χ1n) is 8.72. The van der Waals surface area contributed by atoms with E-state index in [1.54, 1.807) is 6.07 Å². The van der Waals surface area contributed by atoms with Crippen LogP contribution in [0.4, 0.5) is 11.4 Å². The van der Waals surface area contributed by atoms with Gasteiger partial charge < -0.3 is 10.4 Å². The first kappa shape index (κ1) is 18.5. The van der Waals surface area contributed by atoms with Crippen molar-refractivity contribution in [2.75, 3.05) is 5.32 Å². The molecule has 0 fully saturated rings. The molecule has 0 spiro atoms. The van der Waals surface area contributed by atoms with Crippen molar-refractivity contribution in [3.63, 3.8) is 0 Å². The van der Waals surface area contributed by atoms with Crippen LogP contribution in [-0.4, -0.2) is 17.2 Å². The number of aromatic hydroxyl groups is 1. The number of nitrogens with one attached hydrogen (secondary N) is 1. The number of rotatable bonds is 4. The highest BCUT2D eigenvalue weighted by atomic mass is 35.5. The van der Waals surface area contributed by atoms with Crippen LogP contribution in [-0.2, 0) is 11.2 Å². The van der Waals surface area contributed by atoms with Gasteiger partial charge >= 0.3 is 0 Å². The molecule has 0 unspecified atom stereocenters. The molecule has 0 radical (unpaired) electrons. The minimum Gasteiger partial charge on any atom is -0.506 e. The average Bonchev–Trinajstić information content (AvgIpc) is 3.00. The van der Waals surface area contributed by atoms with E-state index in [9.17, 15) is 9.90 Å². The van der Waals surface area contributed by atoms with Crippen LogP contribution in [0, 0.1) is 0 Å². The molecular formula is C22H16Cl2N2O2. The second-order valence-corrected chi connectivity index (χ2v) is 7.43. The predicted octanol–water partition coefficient (Wildman–Crippen LogP) is 5.73. The second-order valence-electron chi connectivity index (χ2n) is 6.58. The third kappa shape index (κ3) is 3.75. The van der Waals surface area contributed by atoms with Crippen molar-refractivity contribution in [3.8, 4) is 5.75 Å². The predicted molar refractivity (Wildman–Crippen MR) is 113 cm³/mol. The lowest BCUT2D eigenvalue weighted by molar-refractivity contribution is -0.117. The zero-order valence-corrected chi connectivity index (χ0v) is 16.2. The lowest BCUT2D eigenvalue weighted by atomic mass is 9.93. The number of amides is 1. The van der Waals surface area contributed by atoms with Gasteiger partial charge in [0.25, 0.3) is 0 Å². The fraction of sp³-hybridized carbons (Fsp3) is 0.0909. The van der Waals surface area contributed by atoms with E-state index in [1.165, 1.54) is 12.3 Å². The standard InChI is InChI=1S/C22H16Cl2N2O2/c23-15-10-14(21(27)19(24)11-15)12-25-16-7-5-13(6-8-16)9-18-17-3-1-2-4-20(17)26-22(18)28/h1-8,10-12,18,27H,9H2,(H,26,28)/t18-/m0/s1. The van der Waals surface area contributed by atoms with E-state index >= 15 is 0 Å². The Bertz CT molecular complexity index is 1080. The van der Waals surface area contributed by atoms with E-state index < -0.39 is 0 Å². The average molecular weight is 411 g/mol. The van der Waals surface area contributed by atoms with E-state index in [0.29, 0.717) is 17.0 Å². The zero-order valence-electron chi connectivity index (χ0n) is 14.7. The van der Waals surface area contributed by atoms with Crippen LogP contribution in [0.25, 0.3) is 0 Å². The topological polar surface area (TPSA) is 61.7 Å². The zero-order chi connectivity index (χ0) is 19.7. The van der Waals surface area contributed by atoms with Gasteiger partial charge in [-0.3, -0.25) is 9.79 Å². The number of hydrogen-bond acceptors (Lipinski definition) is 3. The summed E-state index contributed by atoms with van der Waals surface area (Å²) in [4.78, 5) is 16.6. The number of phenols is 1. The maximum Gasteiger partial charge on any atom is 0.232 e. The minimum absolute atomic E-state index is 0.0246. The van der Waals surface area contributed by atoms with Gasteiger partial charge in [0.15, 0.2) is 0 Å². The van der Waals surface area contributed by atoms with Gasteiger partial charge in [-0.25, -0.2) is 0 Å². The maximum atomic E-state index is 12.3. The Labute approximate surface area is 172 Å². The van der Waals surface area contributed by atoms with E-state index in [1.807, 2.05) is 48.5 Å². The Kier molecular flexibility index (Phi) is 5.07. The molecule has 0 saturated carbocycles. The molecule has 1 atom stereocenters. The summed E-state index contributed by atoms with van der Waals surface area (Å²) in [6.45, 7) is 0. The van der Waals surface area contributed by atoms with Crippen LogP contribution in [0.2, 0.25) is 10.0 Å². The van der Waals surface area contributed by atoms with Gasteiger partial charge in [-0.05, 0) is 47.9 Å². The Balaban J connectivity index is 1.50. The molecule has 0 saturated heterocycles. The number of carbonyl (C=O) groups is 1. The van der Waals surface area contributed by atoms with Crippen LogP contribution >= 0.6 is 23.2 Å². The number of fused-ring (bicyclic) bond motifs is 1. The van der Waals surface area contributed by atoms with Gasteiger partial charge in [0.1, 0.15) is 5.75 Å². The van der Waals surface area contributed by atoms with Gasteiger partial charge in [0.05, 0.1) is 16.6 Å². The third-order valence-electron chi connectivity index (χ3n) is 4.70. The summed E-state index contributed by atoms with van der Waals surface area (Å²) < 4.78 is 0. The monoisotopic (exact) mass is 410 g/mol. The molecule has 4 nitrogen and oxygen atoms in total. The molecule has 0 bridgehead atoms.